The maximum atomic E-state index is 11.5. The van der Waals surface area contributed by atoms with E-state index >= 15 is 0 Å². The normalized spacial score (nSPS) is 10.7. The Morgan fingerprint density at radius 2 is 1.95 bits per heavy atom. The van der Waals surface area contributed by atoms with Crippen LogP contribution in [0.25, 0.3) is 0 Å². The summed E-state index contributed by atoms with van der Waals surface area (Å²) < 4.78 is 4.91. The molecule has 0 amide bonds. The smallest absolute Gasteiger partial charge is 0.338 e. The molecule has 0 aliphatic rings. The lowest BCUT2D eigenvalue weighted by atomic mass is 10.2. The molecule has 5 heteroatoms. The van der Waals surface area contributed by atoms with Gasteiger partial charge in [0.25, 0.3) is 0 Å². The molecule has 0 fully saturated rings. The van der Waals surface area contributed by atoms with E-state index < -0.39 is 0 Å². The van der Waals surface area contributed by atoms with E-state index in [4.69, 9.17) is 4.74 Å². The average molecular weight is 263 g/mol. The van der Waals surface area contributed by atoms with E-state index in [1.54, 1.807) is 31.2 Å². The summed E-state index contributed by atoms with van der Waals surface area (Å²) in [6.07, 6.45) is 2.23. The molecule has 1 rings (SSSR count). The summed E-state index contributed by atoms with van der Waals surface area (Å²) in [7, 11) is 1.89. The maximum absolute atomic E-state index is 11.5. The number of ether oxygens (including phenoxy) is 1. The zero-order valence-corrected chi connectivity index (χ0v) is 11.8. The van der Waals surface area contributed by atoms with Crippen molar-refractivity contribution in [3.63, 3.8) is 0 Å². The third kappa shape index (κ3) is 5.50. The van der Waals surface area contributed by atoms with Crippen LogP contribution in [0.2, 0.25) is 0 Å². The van der Waals surface area contributed by atoms with E-state index in [1.807, 2.05) is 12.1 Å². The van der Waals surface area contributed by atoms with Gasteiger partial charge in [0.15, 0.2) is 0 Å². The van der Waals surface area contributed by atoms with Crippen molar-refractivity contribution in [1.29, 1.82) is 0 Å². The fourth-order valence-electron chi connectivity index (χ4n) is 1.44. The van der Waals surface area contributed by atoms with Gasteiger partial charge in [-0.3, -0.25) is 5.01 Å². The fraction of sp³-hybridized carbons (Fsp3) is 0.500. The number of unbranched alkanes of at least 4 members (excludes halogenated alkanes) is 1. The Hall–Kier alpha value is -1.91. The average Bonchev–Trinajstić information content (AvgIpc) is 2.43. The highest BCUT2D eigenvalue weighted by atomic mass is 16.5. The number of carbonyl (C=O) groups is 1. The molecule has 0 aliphatic heterocycles. The van der Waals surface area contributed by atoms with Gasteiger partial charge in [0.05, 0.1) is 17.9 Å². The van der Waals surface area contributed by atoms with Gasteiger partial charge in [0, 0.05) is 13.6 Å². The summed E-state index contributed by atoms with van der Waals surface area (Å²) in [5.74, 6) is -0.314. The van der Waals surface area contributed by atoms with Crippen LogP contribution in [0.1, 0.15) is 37.0 Å². The van der Waals surface area contributed by atoms with Gasteiger partial charge in [-0.15, -0.1) is 5.11 Å². The number of rotatable bonds is 7. The molecule has 0 aromatic heterocycles. The second-order valence-electron chi connectivity index (χ2n) is 4.19. The highest BCUT2D eigenvalue weighted by molar-refractivity contribution is 5.89. The summed E-state index contributed by atoms with van der Waals surface area (Å²) in [5.41, 5.74) is 1.25. The first kappa shape index (κ1) is 15.1. The topological polar surface area (TPSA) is 54.3 Å². The van der Waals surface area contributed by atoms with Crippen LogP contribution < -0.4 is 0 Å². The van der Waals surface area contributed by atoms with Gasteiger partial charge in [0.1, 0.15) is 0 Å². The van der Waals surface area contributed by atoms with Crippen molar-refractivity contribution >= 4 is 11.7 Å². The molecule has 0 spiro atoms. The molecule has 19 heavy (non-hydrogen) atoms. The Bertz CT molecular complexity index is 415. The predicted octanol–water partition coefficient (Wildman–Crippen LogP) is 3.59. The Morgan fingerprint density at radius 1 is 1.26 bits per heavy atom. The SMILES string of the molecule is CCCCN(C)N=Nc1ccc(C(=O)OCC)cc1. The monoisotopic (exact) mass is 263 g/mol. The lowest BCUT2D eigenvalue weighted by Gasteiger charge is -2.09. The van der Waals surface area contributed by atoms with E-state index in [0.717, 1.165) is 25.1 Å². The van der Waals surface area contributed by atoms with E-state index in [9.17, 15) is 4.79 Å². The van der Waals surface area contributed by atoms with Crippen LogP contribution in [0.5, 0.6) is 0 Å². The van der Waals surface area contributed by atoms with Crippen LogP contribution in [0.4, 0.5) is 5.69 Å². The molecule has 0 aliphatic carbocycles. The van der Waals surface area contributed by atoms with Crippen molar-refractivity contribution in [3.8, 4) is 0 Å². The summed E-state index contributed by atoms with van der Waals surface area (Å²) in [5, 5.41) is 10.00. The lowest BCUT2D eigenvalue weighted by Crippen LogP contribution is -2.11. The molecule has 0 atom stereocenters. The summed E-state index contributed by atoms with van der Waals surface area (Å²) in [6.45, 7) is 5.19. The Balaban J connectivity index is 2.56. The first-order valence-corrected chi connectivity index (χ1v) is 6.57. The predicted molar refractivity (Wildman–Crippen MR) is 74.5 cm³/mol. The minimum atomic E-state index is -0.314. The number of nitrogens with zero attached hydrogens (tertiary/aromatic N) is 3. The summed E-state index contributed by atoms with van der Waals surface area (Å²) in [6, 6.07) is 6.89. The van der Waals surface area contributed by atoms with Crippen LogP contribution in [-0.4, -0.2) is 31.2 Å². The molecular weight excluding hydrogens is 242 g/mol. The zero-order valence-electron chi connectivity index (χ0n) is 11.8. The molecule has 0 unspecified atom stereocenters. The Kier molecular flexibility index (Phi) is 6.57. The number of hydrogen-bond acceptors (Lipinski definition) is 4. The van der Waals surface area contributed by atoms with Crippen molar-refractivity contribution < 1.29 is 9.53 Å². The quantitative estimate of drug-likeness (QED) is 0.429. The maximum Gasteiger partial charge on any atom is 0.338 e. The minimum absolute atomic E-state index is 0.314. The first-order chi connectivity index (χ1) is 9.17. The highest BCUT2D eigenvalue weighted by Crippen LogP contribution is 2.14. The molecule has 1 aromatic rings. The number of hydrogen-bond donors (Lipinski definition) is 0. The van der Waals surface area contributed by atoms with Crippen LogP contribution >= 0.6 is 0 Å². The van der Waals surface area contributed by atoms with Crippen LogP contribution in [0.3, 0.4) is 0 Å². The summed E-state index contributed by atoms with van der Waals surface area (Å²) in [4.78, 5) is 11.5. The van der Waals surface area contributed by atoms with Gasteiger partial charge >= 0.3 is 5.97 Å². The van der Waals surface area contributed by atoms with Crippen LogP contribution in [-0.2, 0) is 4.74 Å². The van der Waals surface area contributed by atoms with E-state index in [1.165, 1.54) is 0 Å². The molecular formula is C14H21N3O2. The standard InChI is InChI=1S/C14H21N3O2/c1-4-6-11-17(3)16-15-13-9-7-12(8-10-13)14(18)19-5-2/h7-10H,4-6,11H2,1-3H3. The molecule has 0 bridgehead atoms. The largest absolute Gasteiger partial charge is 0.462 e. The Morgan fingerprint density at radius 3 is 2.53 bits per heavy atom. The van der Waals surface area contributed by atoms with Gasteiger partial charge < -0.3 is 4.74 Å². The molecule has 0 N–H and O–H groups in total. The molecule has 0 saturated carbocycles. The highest BCUT2D eigenvalue weighted by Gasteiger charge is 2.05. The third-order valence-corrected chi connectivity index (χ3v) is 2.53. The molecule has 5 nitrogen and oxygen atoms in total. The third-order valence-electron chi connectivity index (χ3n) is 2.53. The van der Waals surface area contributed by atoms with Crippen molar-refractivity contribution in [2.45, 2.75) is 26.7 Å². The van der Waals surface area contributed by atoms with Crippen molar-refractivity contribution in [2.24, 2.45) is 10.3 Å². The van der Waals surface area contributed by atoms with Crippen LogP contribution in [0.15, 0.2) is 34.6 Å². The second kappa shape index (κ2) is 8.24. The van der Waals surface area contributed by atoms with Gasteiger partial charge in [-0.25, -0.2) is 4.79 Å². The first-order valence-electron chi connectivity index (χ1n) is 6.57. The lowest BCUT2D eigenvalue weighted by molar-refractivity contribution is 0.0526. The molecule has 0 heterocycles. The fourth-order valence-corrected chi connectivity index (χ4v) is 1.44. The van der Waals surface area contributed by atoms with Gasteiger partial charge in [-0.05, 0) is 37.6 Å². The number of benzene rings is 1. The van der Waals surface area contributed by atoms with Crippen molar-refractivity contribution in [3.05, 3.63) is 29.8 Å². The van der Waals surface area contributed by atoms with E-state index in [-0.39, 0.29) is 5.97 Å². The zero-order chi connectivity index (χ0) is 14.1. The van der Waals surface area contributed by atoms with Gasteiger partial charge in [-0.2, -0.15) is 0 Å². The van der Waals surface area contributed by atoms with Crippen LogP contribution in [0, 0.1) is 0 Å². The van der Waals surface area contributed by atoms with Gasteiger partial charge in [-0.1, -0.05) is 18.6 Å². The van der Waals surface area contributed by atoms with Crippen molar-refractivity contribution in [2.75, 3.05) is 20.2 Å². The molecule has 104 valence electrons. The van der Waals surface area contributed by atoms with E-state index in [0.29, 0.717) is 12.2 Å². The van der Waals surface area contributed by atoms with E-state index in [2.05, 4.69) is 17.3 Å². The molecule has 1 aromatic carbocycles. The van der Waals surface area contributed by atoms with Gasteiger partial charge in [0.2, 0.25) is 0 Å². The number of carbonyl (C=O) groups excluding carboxylic acids is 1. The minimum Gasteiger partial charge on any atom is -0.462 e. The second-order valence-corrected chi connectivity index (χ2v) is 4.19. The van der Waals surface area contributed by atoms with Crippen molar-refractivity contribution in [1.82, 2.24) is 5.01 Å². The molecule has 0 radical (unpaired) electrons. The molecule has 0 saturated heterocycles. The Labute approximate surface area is 114 Å². The number of esters is 1. The summed E-state index contributed by atoms with van der Waals surface area (Å²) >= 11 is 0.